The molecule has 1 aliphatic rings. The molecule has 0 aromatic carbocycles. The van der Waals surface area contributed by atoms with E-state index in [4.69, 9.17) is 11.5 Å². The summed E-state index contributed by atoms with van der Waals surface area (Å²) in [6, 6.07) is 0.401. The monoisotopic (exact) mass is 311 g/mol. The van der Waals surface area contributed by atoms with Crippen LogP contribution in [0.4, 0.5) is 0 Å². The maximum atomic E-state index is 5.34. The lowest BCUT2D eigenvalue weighted by molar-refractivity contribution is 0.309. The van der Waals surface area contributed by atoms with Gasteiger partial charge in [-0.2, -0.15) is 0 Å². The van der Waals surface area contributed by atoms with Gasteiger partial charge in [-0.3, -0.25) is 4.99 Å². The van der Waals surface area contributed by atoms with Crippen molar-refractivity contribution in [2.24, 2.45) is 22.4 Å². The Hall–Kier alpha value is 0. The van der Waals surface area contributed by atoms with E-state index >= 15 is 0 Å². The summed E-state index contributed by atoms with van der Waals surface area (Å²) in [5.41, 5.74) is 10.7. The second-order valence-electron chi connectivity index (χ2n) is 4.02. The van der Waals surface area contributed by atoms with Gasteiger partial charge in [-0.1, -0.05) is 19.8 Å². The van der Waals surface area contributed by atoms with Gasteiger partial charge in [0.1, 0.15) is 0 Å². The van der Waals surface area contributed by atoms with Crippen LogP contribution in [0.15, 0.2) is 4.99 Å². The number of rotatable bonds is 3. The molecule has 0 heterocycles. The molecule has 0 atom stereocenters. The molecular formula is C10H22IN3. The number of nitrogens with zero attached hydrogens (tertiary/aromatic N) is 1. The van der Waals surface area contributed by atoms with Gasteiger partial charge in [0.15, 0.2) is 5.96 Å². The van der Waals surface area contributed by atoms with Crippen LogP contribution in [-0.2, 0) is 0 Å². The molecule has 4 N–H and O–H groups in total. The average Bonchev–Trinajstić information content (AvgIpc) is 2.08. The van der Waals surface area contributed by atoms with Gasteiger partial charge < -0.3 is 11.5 Å². The van der Waals surface area contributed by atoms with Gasteiger partial charge in [0, 0.05) is 0 Å². The fourth-order valence-electron chi connectivity index (χ4n) is 2.18. The molecule has 0 spiro atoms. The molecular weight excluding hydrogens is 289 g/mol. The predicted octanol–water partition coefficient (Wildman–Crippen LogP) is 2.24. The standard InChI is InChI=1S/C10H21N3.HI/c1-2-3-8-4-6-9(7-5-8)13-10(11)12;/h8-9H,2-7H2,1H3,(H4,11,12,13);1H. The van der Waals surface area contributed by atoms with Crippen molar-refractivity contribution >= 4 is 29.9 Å². The molecule has 0 aromatic heterocycles. The van der Waals surface area contributed by atoms with Crippen molar-refractivity contribution in [3.05, 3.63) is 0 Å². The highest BCUT2D eigenvalue weighted by Gasteiger charge is 2.19. The lowest BCUT2D eigenvalue weighted by atomic mass is 9.84. The summed E-state index contributed by atoms with van der Waals surface area (Å²) >= 11 is 0. The van der Waals surface area contributed by atoms with Gasteiger partial charge in [-0.25, -0.2) is 0 Å². The summed E-state index contributed by atoms with van der Waals surface area (Å²) < 4.78 is 0. The van der Waals surface area contributed by atoms with Crippen LogP contribution in [0.3, 0.4) is 0 Å². The molecule has 14 heavy (non-hydrogen) atoms. The van der Waals surface area contributed by atoms with Crippen molar-refractivity contribution in [2.45, 2.75) is 51.5 Å². The number of hydrogen-bond donors (Lipinski definition) is 2. The highest BCUT2D eigenvalue weighted by Crippen LogP contribution is 2.29. The summed E-state index contributed by atoms with van der Waals surface area (Å²) in [7, 11) is 0. The minimum Gasteiger partial charge on any atom is -0.370 e. The van der Waals surface area contributed by atoms with E-state index in [-0.39, 0.29) is 29.9 Å². The number of hydrogen-bond acceptors (Lipinski definition) is 1. The first-order chi connectivity index (χ1) is 6.22. The summed E-state index contributed by atoms with van der Waals surface area (Å²) in [6.45, 7) is 2.25. The summed E-state index contributed by atoms with van der Waals surface area (Å²) in [5, 5.41) is 0. The molecule has 84 valence electrons. The van der Waals surface area contributed by atoms with E-state index in [1.165, 1.54) is 38.5 Å². The van der Waals surface area contributed by atoms with Gasteiger partial charge in [0.2, 0.25) is 0 Å². The molecule has 0 aliphatic heterocycles. The predicted molar refractivity (Wildman–Crippen MR) is 71.9 cm³/mol. The van der Waals surface area contributed by atoms with Crippen LogP contribution in [-0.4, -0.2) is 12.0 Å². The maximum Gasteiger partial charge on any atom is 0.186 e. The molecule has 0 unspecified atom stereocenters. The summed E-state index contributed by atoms with van der Waals surface area (Å²) in [6.07, 6.45) is 7.61. The van der Waals surface area contributed by atoms with Crippen molar-refractivity contribution in [2.75, 3.05) is 0 Å². The van der Waals surface area contributed by atoms with Crippen LogP contribution in [0, 0.1) is 5.92 Å². The molecule has 0 amide bonds. The third-order valence-corrected chi connectivity index (χ3v) is 2.84. The highest BCUT2D eigenvalue weighted by molar-refractivity contribution is 14.0. The Kier molecular flexibility index (Phi) is 7.31. The van der Waals surface area contributed by atoms with Gasteiger partial charge in [0.25, 0.3) is 0 Å². The molecule has 0 aromatic rings. The van der Waals surface area contributed by atoms with Crippen LogP contribution in [0.2, 0.25) is 0 Å². The molecule has 0 bridgehead atoms. The van der Waals surface area contributed by atoms with Gasteiger partial charge >= 0.3 is 0 Å². The quantitative estimate of drug-likeness (QED) is 0.477. The normalized spacial score (nSPS) is 26.4. The van der Waals surface area contributed by atoms with E-state index < -0.39 is 0 Å². The lowest BCUT2D eigenvalue weighted by Gasteiger charge is -2.25. The molecule has 3 nitrogen and oxygen atoms in total. The van der Waals surface area contributed by atoms with Crippen LogP contribution in [0.5, 0.6) is 0 Å². The minimum atomic E-state index is 0. The Morgan fingerprint density at radius 3 is 2.21 bits per heavy atom. The van der Waals surface area contributed by atoms with Crippen molar-refractivity contribution in [3.63, 3.8) is 0 Å². The number of nitrogens with two attached hydrogens (primary N) is 2. The van der Waals surface area contributed by atoms with Crippen LogP contribution in [0.25, 0.3) is 0 Å². The van der Waals surface area contributed by atoms with Crippen molar-refractivity contribution < 1.29 is 0 Å². The topological polar surface area (TPSA) is 64.4 Å². The zero-order chi connectivity index (χ0) is 9.68. The third-order valence-electron chi connectivity index (χ3n) is 2.84. The highest BCUT2D eigenvalue weighted by atomic mass is 127. The zero-order valence-electron chi connectivity index (χ0n) is 8.91. The van der Waals surface area contributed by atoms with Crippen LogP contribution in [0.1, 0.15) is 45.4 Å². The van der Waals surface area contributed by atoms with Gasteiger partial charge in [-0.15, -0.1) is 24.0 Å². The molecule has 4 heteroatoms. The molecule has 1 aliphatic carbocycles. The smallest absolute Gasteiger partial charge is 0.186 e. The van der Waals surface area contributed by atoms with E-state index in [0.29, 0.717) is 6.04 Å². The fraction of sp³-hybridized carbons (Fsp3) is 0.900. The molecule has 0 saturated heterocycles. The first kappa shape index (κ1) is 14.0. The maximum absolute atomic E-state index is 5.34. The Labute approximate surface area is 104 Å². The molecule has 0 radical (unpaired) electrons. The third kappa shape index (κ3) is 5.02. The second-order valence-corrected chi connectivity index (χ2v) is 4.02. The van der Waals surface area contributed by atoms with E-state index in [2.05, 4.69) is 11.9 Å². The van der Waals surface area contributed by atoms with Gasteiger partial charge in [0.05, 0.1) is 6.04 Å². The van der Waals surface area contributed by atoms with E-state index in [1.807, 2.05) is 0 Å². The van der Waals surface area contributed by atoms with Crippen LogP contribution < -0.4 is 11.5 Å². The molecule has 1 rings (SSSR count). The lowest BCUT2D eigenvalue weighted by Crippen LogP contribution is -2.27. The summed E-state index contributed by atoms with van der Waals surface area (Å²) in [5.74, 6) is 1.18. The van der Waals surface area contributed by atoms with Crippen molar-refractivity contribution in [1.29, 1.82) is 0 Å². The number of halogens is 1. The van der Waals surface area contributed by atoms with E-state index in [0.717, 1.165) is 5.92 Å². The zero-order valence-corrected chi connectivity index (χ0v) is 11.2. The minimum absolute atomic E-state index is 0. The first-order valence-corrected chi connectivity index (χ1v) is 5.31. The largest absolute Gasteiger partial charge is 0.370 e. The van der Waals surface area contributed by atoms with Crippen molar-refractivity contribution in [3.8, 4) is 0 Å². The molecule has 1 fully saturated rings. The Morgan fingerprint density at radius 1 is 1.21 bits per heavy atom. The Bertz CT molecular complexity index is 170. The SMILES string of the molecule is CCCC1CCC(N=C(N)N)CC1.I. The second kappa shape index (κ2) is 7.31. The van der Waals surface area contributed by atoms with E-state index in [1.54, 1.807) is 0 Å². The van der Waals surface area contributed by atoms with E-state index in [9.17, 15) is 0 Å². The summed E-state index contributed by atoms with van der Waals surface area (Å²) in [4.78, 5) is 4.20. The number of guanidine groups is 1. The molecule has 1 saturated carbocycles. The van der Waals surface area contributed by atoms with Crippen LogP contribution >= 0.6 is 24.0 Å². The Morgan fingerprint density at radius 2 is 1.79 bits per heavy atom. The van der Waals surface area contributed by atoms with Gasteiger partial charge in [-0.05, 0) is 31.6 Å². The average molecular weight is 311 g/mol. The van der Waals surface area contributed by atoms with Crippen molar-refractivity contribution in [1.82, 2.24) is 0 Å². The first-order valence-electron chi connectivity index (χ1n) is 5.31. The Balaban J connectivity index is 0.00000169. The fourth-order valence-corrected chi connectivity index (χ4v) is 2.18. The number of aliphatic imine (C=N–C) groups is 1.